The lowest BCUT2D eigenvalue weighted by Gasteiger charge is -2.07. The smallest absolute Gasteiger partial charge is 0.228 e. The lowest BCUT2D eigenvalue weighted by molar-refractivity contribution is -0.117. The first-order valence-corrected chi connectivity index (χ1v) is 7.85. The maximum absolute atomic E-state index is 13.0. The van der Waals surface area contributed by atoms with Crippen LogP contribution in [0, 0.1) is 11.7 Å². The van der Waals surface area contributed by atoms with Crippen LogP contribution in [0.2, 0.25) is 0 Å². The van der Waals surface area contributed by atoms with Gasteiger partial charge in [0.2, 0.25) is 5.91 Å². The molecule has 1 N–H and O–H groups in total. The van der Waals surface area contributed by atoms with Crippen LogP contribution in [-0.2, 0) is 4.79 Å². The number of aromatic nitrogens is 2. The molecule has 1 fully saturated rings. The van der Waals surface area contributed by atoms with Crippen molar-refractivity contribution in [3.8, 4) is 5.69 Å². The summed E-state index contributed by atoms with van der Waals surface area (Å²) in [6.45, 7) is 0. The van der Waals surface area contributed by atoms with E-state index in [2.05, 4.69) is 10.3 Å². The molecule has 1 aromatic heterocycles. The Labute approximate surface area is 139 Å². The summed E-state index contributed by atoms with van der Waals surface area (Å²) in [5.74, 6) is -0.0855. The standard InChI is InChI=1S/C19H16FN3O/c20-14-3-1-13(2-4-14)17-11-18(17)19(24)22-15-5-7-16(8-6-15)23-10-9-21-12-23/h1-10,12,17-18H,11H2,(H,22,24). The lowest BCUT2D eigenvalue weighted by atomic mass is 10.1. The highest BCUT2D eigenvalue weighted by atomic mass is 19.1. The fraction of sp³-hybridized carbons (Fsp3) is 0.158. The van der Waals surface area contributed by atoms with Crippen LogP contribution in [-0.4, -0.2) is 15.5 Å². The number of carbonyl (C=O) groups is 1. The fourth-order valence-corrected chi connectivity index (χ4v) is 2.93. The minimum absolute atomic E-state index is 0.0136. The van der Waals surface area contributed by atoms with E-state index in [0.29, 0.717) is 0 Å². The largest absolute Gasteiger partial charge is 0.326 e. The average molecular weight is 321 g/mol. The first-order valence-electron chi connectivity index (χ1n) is 7.85. The van der Waals surface area contributed by atoms with E-state index >= 15 is 0 Å². The Hall–Kier alpha value is -2.95. The van der Waals surface area contributed by atoms with Gasteiger partial charge in [0.25, 0.3) is 0 Å². The Balaban J connectivity index is 1.39. The number of amides is 1. The van der Waals surface area contributed by atoms with Crippen molar-refractivity contribution >= 4 is 11.6 Å². The van der Waals surface area contributed by atoms with Gasteiger partial charge >= 0.3 is 0 Å². The van der Waals surface area contributed by atoms with Crippen LogP contribution in [0.4, 0.5) is 10.1 Å². The maximum Gasteiger partial charge on any atom is 0.228 e. The van der Waals surface area contributed by atoms with Crippen LogP contribution in [0.1, 0.15) is 17.9 Å². The third-order valence-electron chi connectivity index (χ3n) is 4.36. The molecule has 2 unspecified atom stereocenters. The highest BCUT2D eigenvalue weighted by Gasteiger charge is 2.43. The molecular formula is C19H16FN3O. The number of halogens is 1. The van der Waals surface area contributed by atoms with Gasteiger partial charge in [-0.15, -0.1) is 0 Å². The molecule has 0 bridgehead atoms. The van der Waals surface area contributed by atoms with Crippen LogP contribution < -0.4 is 5.32 Å². The van der Waals surface area contributed by atoms with E-state index in [0.717, 1.165) is 23.4 Å². The van der Waals surface area contributed by atoms with Gasteiger partial charge in [0, 0.05) is 29.7 Å². The summed E-state index contributed by atoms with van der Waals surface area (Å²) in [6, 6.07) is 14.0. The van der Waals surface area contributed by atoms with Gasteiger partial charge in [-0.3, -0.25) is 4.79 Å². The second kappa shape index (κ2) is 5.92. The van der Waals surface area contributed by atoms with Crippen molar-refractivity contribution in [2.24, 2.45) is 5.92 Å². The molecule has 5 heteroatoms. The number of nitrogens with one attached hydrogen (secondary N) is 1. The molecule has 0 aliphatic heterocycles. The number of hydrogen-bond acceptors (Lipinski definition) is 2. The van der Waals surface area contributed by atoms with Gasteiger partial charge in [-0.2, -0.15) is 0 Å². The molecule has 0 saturated heterocycles. The number of benzene rings is 2. The molecule has 0 radical (unpaired) electrons. The molecule has 1 saturated carbocycles. The Morgan fingerprint density at radius 3 is 2.54 bits per heavy atom. The molecule has 1 aliphatic carbocycles. The molecule has 3 aromatic rings. The Bertz CT molecular complexity index is 841. The van der Waals surface area contributed by atoms with E-state index < -0.39 is 0 Å². The molecule has 0 spiro atoms. The summed E-state index contributed by atoms with van der Waals surface area (Å²) in [7, 11) is 0. The van der Waals surface area contributed by atoms with Crippen molar-refractivity contribution in [1.29, 1.82) is 0 Å². The van der Waals surface area contributed by atoms with Crippen molar-refractivity contribution in [2.45, 2.75) is 12.3 Å². The summed E-state index contributed by atoms with van der Waals surface area (Å²) >= 11 is 0. The van der Waals surface area contributed by atoms with Gasteiger partial charge in [-0.1, -0.05) is 12.1 Å². The number of carbonyl (C=O) groups excluding carboxylic acids is 1. The number of rotatable bonds is 4. The summed E-state index contributed by atoms with van der Waals surface area (Å²) in [5, 5.41) is 2.95. The van der Waals surface area contributed by atoms with Gasteiger partial charge in [-0.25, -0.2) is 9.37 Å². The molecule has 1 amide bonds. The second-order valence-corrected chi connectivity index (χ2v) is 6.01. The number of nitrogens with zero attached hydrogens (tertiary/aromatic N) is 2. The third-order valence-corrected chi connectivity index (χ3v) is 4.36. The number of imidazole rings is 1. The molecular weight excluding hydrogens is 305 g/mol. The predicted octanol–water partition coefficient (Wildman–Crippen LogP) is 3.75. The molecule has 1 aliphatic rings. The van der Waals surface area contributed by atoms with Gasteiger partial charge in [-0.05, 0) is 54.3 Å². The summed E-state index contributed by atoms with van der Waals surface area (Å²) < 4.78 is 14.9. The predicted molar refractivity (Wildman–Crippen MR) is 89.4 cm³/mol. The van der Waals surface area contributed by atoms with E-state index in [9.17, 15) is 9.18 Å². The Kier molecular flexibility index (Phi) is 3.61. The van der Waals surface area contributed by atoms with Crippen LogP contribution >= 0.6 is 0 Å². The van der Waals surface area contributed by atoms with Crippen molar-refractivity contribution in [3.05, 3.63) is 78.6 Å². The number of hydrogen-bond donors (Lipinski definition) is 1. The van der Waals surface area contributed by atoms with E-state index in [1.54, 1.807) is 24.7 Å². The molecule has 4 nitrogen and oxygen atoms in total. The third kappa shape index (κ3) is 2.93. The van der Waals surface area contributed by atoms with Crippen LogP contribution in [0.25, 0.3) is 5.69 Å². The second-order valence-electron chi connectivity index (χ2n) is 6.01. The Morgan fingerprint density at radius 1 is 1.12 bits per heavy atom. The average Bonchev–Trinajstić information content (AvgIpc) is 3.21. The first-order chi connectivity index (χ1) is 11.7. The van der Waals surface area contributed by atoms with Gasteiger partial charge < -0.3 is 9.88 Å². The first kappa shape index (κ1) is 14.6. The minimum atomic E-state index is -0.251. The van der Waals surface area contributed by atoms with E-state index in [1.807, 2.05) is 35.0 Å². The lowest BCUT2D eigenvalue weighted by Crippen LogP contribution is -2.14. The zero-order valence-electron chi connectivity index (χ0n) is 12.9. The van der Waals surface area contributed by atoms with E-state index in [4.69, 9.17) is 0 Å². The monoisotopic (exact) mass is 321 g/mol. The fourth-order valence-electron chi connectivity index (χ4n) is 2.93. The van der Waals surface area contributed by atoms with Crippen LogP contribution in [0.15, 0.2) is 67.3 Å². The van der Waals surface area contributed by atoms with Gasteiger partial charge in [0.05, 0.1) is 6.33 Å². The van der Waals surface area contributed by atoms with E-state index in [1.165, 1.54) is 12.1 Å². The van der Waals surface area contributed by atoms with Crippen molar-refractivity contribution in [2.75, 3.05) is 5.32 Å². The SMILES string of the molecule is O=C(Nc1ccc(-n2ccnc2)cc1)C1CC1c1ccc(F)cc1. The van der Waals surface area contributed by atoms with Crippen LogP contribution in [0.5, 0.6) is 0 Å². The van der Waals surface area contributed by atoms with Gasteiger partial charge in [0.1, 0.15) is 5.82 Å². The molecule has 1 heterocycles. The molecule has 4 rings (SSSR count). The summed E-state index contributed by atoms with van der Waals surface area (Å²) in [6.07, 6.45) is 6.12. The summed E-state index contributed by atoms with van der Waals surface area (Å²) in [5.41, 5.74) is 2.78. The molecule has 120 valence electrons. The van der Waals surface area contributed by atoms with Crippen molar-refractivity contribution in [1.82, 2.24) is 9.55 Å². The molecule has 2 aromatic carbocycles. The summed E-state index contributed by atoms with van der Waals surface area (Å²) in [4.78, 5) is 16.4. The van der Waals surface area contributed by atoms with Crippen LogP contribution in [0.3, 0.4) is 0 Å². The normalized spacial score (nSPS) is 19.0. The zero-order valence-corrected chi connectivity index (χ0v) is 12.9. The Morgan fingerprint density at radius 2 is 1.88 bits per heavy atom. The van der Waals surface area contributed by atoms with E-state index in [-0.39, 0.29) is 23.6 Å². The van der Waals surface area contributed by atoms with Crippen molar-refractivity contribution in [3.63, 3.8) is 0 Å². The highest BCUT2D eigenvalue weighted by Crippen LogP contribution is 2.47. The zero-order chi connectivity index (χ0) is 16.5. The molecule has 2 atom stereocenters. The van der Waals surface area contributed by atoms with Gasteiger partial charge in [0.15, 0.2) is 0 Å². The topological polar surface area (TPSA) is 46.9 Å². The number of anilines is 1. The van der Waals surface area contributed by atoms with Crippen molar-refractivity contribution < 1.29 is 9.18 Å². The minimum Gasteiger partial charge on any atom is -0.326 e. The highest BCUT2D eigenvalue weighted by molar-refractivity contribution is 5.95. The quantitative estimate of drug-likeness (QED) is 0.795. The molecule has 24 heavy (non-hydrogen) atoms. The maximum atomic E-state index is 13.0.